The van der Waals surface area contributed by atoms with E-state index < -0.39 is 0 Å². The van der Waals surface area contributed by atoms with Crippen LogP contribution in [0.1, 0.15) is 40.7 Å². The van der Waals surface area contributed by atoms with Crippen molar-refractivity contribution in [3.63, 3.8) is 0 Å². The summed E-state index contributed by atoms with van der Waals surface area (Å²) in [6.45, 7) is 3.45. The molecule has 2 aliphatic heterocycles. The molecule has 2 amide bonds. The predicted octanol–water partition coefficient (Wildman–Crippen LogP) is 4.68. The average molecular weight is 473 g/mol. The normalized spacial score (nSPS) is 17.0. The quantitative estimate of drug-likeness (QED) is 0.467. The van der Waals surface area contributed by atoms with Gasteiger partial charge in [-0.05, 0) is 73.0 Å². The Morgan fingerprint density at radius 3 is 2.43 bits per heavy atom. The molecular formula is C29H32N2O4. The smallest absolute Gasteiger partial charge is 0.261 e. The molecule has 35 heavy (non-hydrogen) atoms. The van der Waals surface area contributed by atoms with Crippen molar-refractivity contribution in [2.24, 2.45) is 5.92 Å². The number of imide groups is 1. The molecule has 0 aromatic heterocycles. The molecule has 2 aliphatic rings. The number of hydrogen-bond donors (Lipinski definition) is 0. The predicted molar refractivity (Wildman–Crippen MR) is 136 cm³/mol. The molecule has 3 aromatic carbocycles. The molecule has 0 spiro atoms. The van der Waals surface area contributed by atoms with Crippen LogP contribution < -0.4 is 9.47 Å². The number of nitrogens with zero attached hydrogens (tertiary/aromatic N) is 2. The second-order valence-electron chi connectivity index (χ2n) is 9.55. The first-order valence-corrected chi connectivity index (χ1v) is 12.4. The maximum Gasteiger partial charge on any atom is 0.261 e. The molecule has 6 heteroatoms. The van der Waals surface area contributed by atoms with Crippen LogP contribution in [0.4, 0.5) is 0 Å². The van der Waals surface area contributed by atoms with Gasteiger partial charge in [0.1, 0.15) is 11.5 Å². The van der Waals surface area contributed by atoms with Crippen LogP contribution in [-0.4, -0.2) is 55.5 Å². The maximum atomic E-state index is 13.5. The van der Waals surface area contributed by atoms with Crippen LogP contribution in [0.3, 0.4) is 0 Å². The van der Waals surface area contributed by atoms with Crippen molar-refractivity contribution in [2.75, 3.05) is 33.9 Å². The van der Waals surface area contributed by atoms with Gasteiger partial charge in [0.2, 0.25) is 5.91 Å². The van der Waals surface area contributed by atoms with E-state index in [4.69, 9.17) is 9.47 Å². The number of carbonyl (C=O) groups excluding carboxylic acids is 2. The lowest BCUT2D eigenvalue weighted by Gasteiger charge is -2.34. The van der Waals surface area contributed by atoms with E-state index in [-0.39, 0.29) is 18.2 Å². The van der Waals surface area contributed by atoms with Crippen molar-refractivity contribution in [3.05, 3.63) is 71.3 Å². The first-order valence-electron chi connectivity index (χ1n) is 12.4. The molecule has 0 radical (unpaired) electrons. The fourth-order valence-corrected chi connectivity index (χ4v) is 5.46. The second-order valence-corrected chi connectivity index (χ2v) is 9.55. The van der Waals surface area contributed by atoms with Crippen LogP contribution >= 0.6 is 0 Å². The maximum absolute atomic E-state index is 13.5. The highest BCUT2D eigenvalue weighted by molar-refractivity contribution is 6.17. The Hall–Kier alpha value is -3.38. The average Bonchev–Trinajstić information content (AvgIpc) is 2.88. The molecule has 0 bridgehead atoms. The van der Waals surface area contributed by atoms with Crippen molar-refractivity contribution in [1.82, 2.24) is 9.80 Å². The molecule has 0 N–H and O–H groups in total. The molecule has 0 atom stereocenters. The molecule has 3 aromatic rings. The fourth-order valence-electron chi connectivity index (χ4n) is 5.46. The number of hydrogen-bond acceptors (Lipinski definition) is 5. The molecule has 5 rings (SSSR count). The van der Waals surface area contributed by atoms with Gasteiger partial charge in [-0.15, -0.1) is 0 Å². The van der Waals surface area contributed by atoms with E-state index in [1.165, 1.54) is 10.5 Å². The summed E-state index contributed by atoms with van der Waals surface area (Å²) in [4.78, 5) is 30.3. The first kappa shape index (κ1) is 23.4. The highest BCUT2D eigenvalue weighted by Crippen LogP contribution is 2.35. The Balaban J connectivity index is 1.22. The number of fused-ring (bicyclic) bond motifs is 3. The van der Waals surface area contributed by atoms with Gasteiger partial charge in [-0.1, -0.05) is 36.4 Å². The minimum atomic E-state index is -0.175. The Morgan fingerprint density at radius 1 is 0.914 bits per heavy atom. The van der Waals surface area contributed by atoms with Gasteiger partial charge in [-0.25, -0.2) is 0 Å². The van der Waals surface area contributed by atoms with Crippen LogP contribution in [0.25, 0.3) is 10.8 Å². The van der Waals surface area contributed by atoms with Gasteiger partial charge in [0.05, 0.1) is 26.2 Å². The van der Waals surface area contributed by atoms with Gasteiger partial charge in [-0.2, -0.15) is 0 Å². The second kappa shape index (κ2) is 10.1. The van der Waals surface area contributed by atoms with Crippen molar-refractivity contribution >= 4 is 22.6 Å². The summed E-state index contributed by atoms with van der Waals surface area (Å²) in [5, 5.41) is 1.76. The summed E-state index contributed by atoms with van der Waals surface area (Å²) in [6, 6.07) is 17.9. The molecule has 1 fully saturated rings. The van der Waals surface area contributed by atoms with Gasteiger partial charge in [0, 0.05) is 18.5 Å². The Kier molecular flexibility index (Phi) is 6.73. The molecule has 0 saturated carbocycles. The zero-order valence-electron chi connectivity index (χ0n) is 20.5. The molecule has 2 heterocycles. The summed E-state index contributed by atoms with van der Waals surface area (Å²) in [5.41, 5.74) is 2.67. The van der Waals surface area contributed by atoms with Gasteiger partial charge >= 0.3 is 0 Å². The van der Waals surface area contributed by atoms with Crippen LogP contribution in [0.2, 0.25) is 0 Å². The van der Waals surface area contributed by atoms with Crippen molar-refractivity contribution in [3.8, 4) is 11.5 Å². The number of ether oxygens (including phenoxy) is 2. The Labute approximate surface area is 206 Å². The van der Waals surface area contributed by atoms with Gasteiger partial charge in [0.15, 0.2) is 0 Å². The van der Waals surface area contributed by atoms with Crippen molar-refractivity contribution < 1.29 is 19.1 Å². The van der Waals surface area contributed by atoms with E-state index in [0.717, 1.165) is 61.0 Å². The Bertz CT molecular complexity index is 1250. The molecule has 0 unspecified atom stereocenters. The number of likely N-dealkylation sites (tertiary alicyclic amines) is 1. The third-order valence-corrected chi connectivity index (χ3v) is 7.42. The molecular weight excluding hydrogens is 440 g/mol. The van der Waals surface area contributed by atoms with Gasteiger partial charge < -0.3 is 9.47 Å². The number of methoxy groups -OCH3 is 2. The van der Waals surface area contributed by atoms with Crippen LogP contribution in [-0.2, 0) is 17.8 Å². The van der Waals surface area contributed by atoms with E-state index in [1.54, 1.807) is 14.2 Å². The lowest BCUT2D eigenvalue weighted by molar-refractivity contribution is -0.128. The molecule has 6 nitrogen and oxygen atoms in total. The Morgan fingerprint density at radius 2 is 1.69 bits per heavy atom. The number of amides is 2. The largest absolute Gasteiger partial charge is 0.497 e. The van der Waals surface area contributed by atoms with Gasteiger partial charge in [0.25, 0.3) is 5.91 Å². The zero-order valence-corrected chi connectivity index (χ0v) is 20.5. The van der Waals surface area contributed by atoms with Crippen molar-refractivity contribution in [2.45, 2.75) is 32.2 Å². The monoisotopic (exact) mass is 472 g/mol. The lowest BCUT2D eigenvalue weighted by Crippen LogP contribution is -2.44. The van der Waals surface area contributed by atoms with Gasteiger partial charge in [-0.3, -0.25) is 19.4 Å². The SMILES string of the molecule is COc1cccc(CN2CCC(CCN3C(=O)Cc4cc(OC)c5ccccc5c4C3=O)CC2)c1. The highest BCUT2D eigenvalue weighted by Gasteiger charge is 2.33. The summed E-state index contributed by atoms with van der Waals surface area (Å²) in [7, 11) is 3.31. The van der Waals surface area contributed by atoms with E-state index in [1.807, 2.05) is 42.5 Å². The van der Waals surface area contributed by atoms with Crippen LogP contribution in [0.5, 0.6) is 11.5 Å². The van der Waals surface area contributed by atoms with E-state index in [0.29, 0.717) is 23.8 Å². The van der Waals surface area contributed by atoms with Crippen LogP contribution in [0.15, 0.2) is 54.6 Å². The van der Waals surface area contributed by atoms with E-state index in [2.05, 4.69) is 17.0 Å². The molecule has 182 valence electrons. The standard InChI is InChI=1S/C29H32N2O4/c1-34-23-7-5-6-21(16-23)19-30-13-10-20(11-14-30)12-15-31-27(32)18-22-17-26(35-2)24-8-3-4-9-25(24)28(22)29(31)33/h3-9,16-17,20H,10-15,18-19H2,1-2H3. The summed E-state index contributed by atoms with van der Waals surface area (Å²) in [6.07, 6.45) is 3.25. The number of piperidine rings is 1. The van der Waals surface area contributed by atoms with E-state index >= 15 is 0 Å². The number of benzene rings is 3. The highest BCUT2D eigenvalue weighted by atomic mass is 16.5. The first-order chi connectivity index (χ1) is 17.1. The summed E-state index contributed by atoms with van der Waals surface area (Å²) < 4.78 is 10.9. The third-order valence-electron chi connectivity index (χ3n) is 7.42. The minimum absolute atomic E-state index is 0.115. The summed E-state index contributed by atoms with van der Waals surface area (Å²) in [5.74, 6) is 1.82. The number of rotatable bonds is 7. The fraction of sp³-hybridized carbons (Fsp3) is 0.379. The number of carbonyl (C=O) groups is 2. The topological polar surface area (TPSA) is 59.1 Å². The molecule has 1 saturated heterocycles. The third kappa shape index (κ3) is 4.76. The zero-order chi connectivity index (χ0) is 24.4. The molecule has 0 aliphatic carbocycles. The lowest BCUT2D eigenvalue weighted by atomic mass is 9.90. The van der Waals surface area contributed by atoms with Crippen molar-refractivity contribution in [1.29, 1.82) is 0 Å². The van der Waals surface area contributed by atoms with Crippen LogP contribution in [0, 0.1) is 5.92 Å². The van der Waals surface area contributed by atoms with E-state index in [9.17, 15) is 9.59 Å². The minimum Gasteiger partial charge on any atom is -0.497 e. The summed E-state index contributed by atoms with van der Waals surface area (Å²) >= 11 is 0.